The summed E-state index contributed by atoms with van der Waals surface area (Å²) in [5, 5.41) is 17.0. The number of hydrogen-bond donors (Lipinski definition) is 1. The molecule has 0 aliphatic carbocycles. The highest BCUT2D eigenvalue weighted by atomic mass is 35.5. The molecule has 0 spiro atoms. The molecule has 0 radical (unpaired) electrons. The van der Waals surface area contributed by atoms with Crippen LogP contribution in [0.1, 0.15) is 16.3 Å². The Kier molecular flexibility index (Phi) is 6.67. The second kappa shape index (κ2) is 9.82. The van der Waals surface area contributed by atoms with E-state index in [0.29, 0.717) is 27.7 Å². The first kappa shape index (κ1) is 23.1. The smallest absolute Gasteiger partial charge is 0.275 e. The summed E-state index contributed by atoms with van der Waals surface area (Å²) in [5.74, 6) is -0.736. The third kappa shape index (κ3) is 5.28. The number of aromatic nitrogens is 3. The molecule has 2 heterocycles. The fourth-order valence-electron chi connectivity index (χ4n) is 2.95. The van der Waals surface area contributed by atoms with Crippen molar-refractivity contribution in [1.82, 2.24) is 14.6 Å². The molecule has 0 atom stereocenters. The number of carbonyl (C=O) groups excluding carboxylic acids is 1. The fraction of sp³-hybridized carbons (Fsp3) is 0.0870. The van der Waals surface area contributed by atoms with Crippen molar-refractivity contribution in [2.45, 2.75) is 13.5 Å². The second-order valence-corrected chi connectivity index (χ2v) is 8.58. The van der Waals surface area contributed by atoms with Crippen LogP contribution in [0, 0.1) is 24.1 Å². The molecule has 4 rings (SSSR count). The van der Waals surface area contributed by atoms with Gasteiger partial charge in [0, 0.05) is 11.8 Å². The van der Waals surface area contributed by atoms with Gasteiger partial charge in [-0.3, -0.25) is 9.59 Å². The minimum absolute atomic E-state index is 0.0150. The van der Waals surface area contributed by atoms with Gasteiger partial charge in [0.2, 0.25) is 4.96 Å². The van der Waals surface area contributed by atoms with Crippen LogP contribution in [0.25, 0.3) is 11.0 Å². The summed E-state index contributed by atoms with van der Waals surface area (Å²) in [6.45, 7) is 1.80. The number of nitrogens with one attached hydrogen (secondary N) is 1. The maximum absolute atomic E-state index is 13.0. The van der Waals surface area contributed by atoms with Gasteiger partial charge in [-0.25, -0.2) is 9.37 Å². The predicted octanol–water partition coefficient (Wildman–Crippen LogP) is 4.38. The van der Waals surface area contributed by atoms with E-state index in [9.17, 15) is 19.2 Å². The van der Waals surface area contributed by atoms with E-state index in [1.807, 2.05) is 6.07 Å². The van der Waals surface area contributed by atoms with E-state index in [-0.39, 0.29) is 22.8 Å². The van der Waals surface area contributed by atoms with Gasteiger partial charge >= 0.3 is 0 Å². The molecule has 0 saturated carbocycles. The van der Waals surface area contributed by atoms with Crippen LogP contribution in [-0.2, 0) is 11.4 Å². The lowest BCUT2D eigenvalue weighted by atomic mass is 10.1. The van der Waals surface area contributed by atoms with E-state index >= 15 is 0 Å². The minimum atomic E-state index is -0.642. The van der Waals surface area contributed by atoms with Gasteiger partial charge in [0.05, 0.1) is 10.7 Å². The normalized spacial score (nSPS) is 11.3. The number of carbonyl (C=O) groups is 1. The van der Waals surface area contributed by atoms with Crippen LogP contribution >= 0.6 is 22.9 Å². The van der Waals surface area contributed by atoms with Crippen LogP contribution in [0.5, 0.6) is 5.75 Å². The maximum atomic E-state index is 13.0. The molecule has 0 aliphatic rings. The Balaban J connectivity index is 1.47. The summed E-state index contributed by atoms with van der Waals surface area (Å²) in [6, 6.07) is 13.1. The number of aryl methyl sites for hydroxylation is 1. The van der Waals surface area contributed by atoms with Crippen molar-refractivity contribution in [3.63, 3.8) is 0 Å². The standard InChI is InChI=1S/C23H15ClFN5O3S/c1-13-29-30-21(31)10-18(28-23(30)34-13)12-33-20-7-2-14(9-19(20)24)8-15(11-26)22(32)27-17-5-3-16(25)4-6-17/h2-10H,12H2,1H3,(H,27,32). The largest absolute Gasteiger partial charge is 0.486 e. The molecule has 0 fully saturated rings. The quantitative estimate of drug-likeness (QED) is 0.314. The fourth-order valence-corrected chi connectivity index (χ4v) is 3.96. The zero-order valence-electron chi connectivity index (χ0n) is 17.6. The molecule has 8 nitrogen and oxygen atoms in total. The molecule has 4 aromatic rings. The zero-order chi connectivity index (χ0) is 24.2. The highest BCUT2D eigenvalue weighted by Crippen LogP contribution is 2.27. The third-order valence-corrected chi connectivity index (χ3v) is 5.63. The van der Waals surface area contributed by atoms with Gasteiger partial charge in [-0.05, 0) is 55.0 Å². The summed E-state index contributed by atoms with van der Waals surface area (Å²) >= 11 is 7.60. The number of hydrogen-bond acceptors (Lipinski definition) is 7. The van der Waals surface area contributed by atoms with E-state index in [2.05, 4.69) is 15.4 Å². The molecule has 0 aliphatic heterocycles. The van der Waals surface area contributed by atoms with Gasteiger partial charge in [0.15, 0.2) is 0 Å². The topological polar surface area (TPSA) is 109 Å². The first-order valence-electron chi connectivity index (χ1n) is 9.80. The number of amides is 1. The van der Waals surface area contributed by atoms with Gasteiger partial charge in [-0.1, -0.05) is 29.0 Å². The summed E-state index contributed by atoms with van der Waals surface area (Å²) in [6.07, 6.45) is 1.37. The average Bonchev–Trinajstić information content (AvgIpc) is 3.19. The van der Waals surface area contributed by atoms with Gasteiger partial charge in [-0.15, -0.1) is 0 Å². The van der Waals surface area contributed by atoms with Gasteiger partial charge in [0.25, 0.3) is 11.5 Å². The lowest BCUT2D eigenvalue weighted by molar-refractivity contribution is -0.112. The van der Waals surface area contributed by atoms with Crippen LogP contribution in [0.2, 0.25) is 5.02 Å². The first-order valence-corrected chi connectivity index (χ1v) is 11.0. The summed E-state index contributed by atoms with van der Waals surface area (Å²) in [7, 11) is 0. The number of anilines is 1. The number of fused-ring (bicyclic) bond motifs is 1. The van der Waals surface area contributed by atoms with E-state index < -0.39 is 11.7 Å². The Morgan fingerprint density at radius 3 is 2.76 bits per heavy atom. The van der Waals surface area contributed by atoms with Crippen LogP contribution in [0.3, 0.4) is 0 Å². The number of benzene rings is 2. The predicted molar refractivity (Wildman–Crippen MR) is 126 cm³/mol. The van der Waals surface area contributed by atoms with Crippen molar-refractivity contribution in [3.05, 3.63) is 91.6 Å². The molecule has 2 aromatic carbocycles. The van der Waals surface area contributed by atoms with Crippen molar-refractivity contribution in [2.75, 3.05) is 5.32 Å². The molecular weight excluding hydrogens is 481 g/mol. The summed E-state index contributed by atoms with van der Waals surface area (Å²) < 4.78 is 20.0. The first-order chi connectivity index (χ1) is 16.3. The lowest BCUT2D eigenvalue weighted by Crippen LogP contribution is -2.16. The minimum Gasteiger partial charge on any atom is -0.486 e. The molecule has 11 heteroatoms. The van der Waals surface area contributed by atoms with Crippen LogP contribution in [-0.4, -0.2) is 20.5 Å². The SMILES string of the molecule is Cc1nn2c(=O)cc(COc3ccc(C=C(C#N)C(=O)Nc4ccc(F)cc4)cc3Cl)nc2s1. The number of nitrogens with zero attached hydrogens (tertiary/aromatic N) is 4. The van der Waals surface area contributed by atoms with Gasteiger partial charge < -0.3 is 10.1 Å². The van der Waals surface area contributed by atoms with Gasteiger partial charge in [-0.2, -0.15) is 14.9 Å². The molecule has 0 unspecified atom stereocenters. The summed E-state index contributed by atoms with van der Waals surface area (Å²) in [5.41, 5.74) is 0.822. The lowest BCUT2D eigenvalue weighted by Gasteiger charge is -2.09. The van der Waals surface area contributed by atoms with Crippen molar-refractivity contribution in [3.8, 4) is 11.8 Å². The molecule has 1 amide bonds. The number of ether oxygens (including phenoxy) is 1. The van der Waals surface area contributed by atoms with E-state index in [0.717, 1.165) is 5.01 Å². The Hall–Kier alpha value is -4.07. The van der Waals surface area contributed by atoms with Crippen molar-refractivity contribution >= 4 is 45.6 Å². The maximum Gasteiger partial charge on any atom is 0.275 e. The van der Waals surface area contributed by atoms with Crippen molar-refractivity contribution in [1.29, 1.82) is 5.26 Å². The molecule has 34 heavy (non-hydrogen) atoms. The van der Waals surface area contributed by atoms with Crippen molar-refractivity contribution < 1.29 is 13.9 Å². The zero-order valence-corrected chi connectivity index (χ0v) is 19.2. The number of nitriles is 1. The number of rotatable bonds is 6. The highest BCUT2D eigenvalue weighted by molar-refractivity contribution is 7.16. The highest BCUT2D eigenvalue weighted by Gasteiger charge is 2.12. The Bertz CT molecular complexity index is 1520. The van der Waals surface area contributed by atoms with E-state index in [4.69, 9.17) is 16.3 Å². The second-order valence-electron chi connectivity index (χ2n) is 7.01. The third-order valence-electron chi connectivity index (χ3n) is 4.51. The molecule has 170 valence electrons. The molecular formula is C23H15ClFN5O3S. The van der Waals surface area contributed by atoms with Crippen LogP contribution < -0.4 is 15.6 Å². The van der Waals surface area contributed by atoms with E-state index in [1.54, 1.807) is 19.1 Å². The Morgan fingerprint density at radius 1 is 1.29 bits per heavy atom. The van der Waals surface area contributed by atoms with Crippen LogP contribution in [0.15, 0.2) is 58.9 Å². The molecule has 2 aromatic heterocycles. The average molecular weight is 496 g/mol. The monoisotopic (exact) mass is 495 g/mol. The van der Waals surface area contributed by atoms with Crippen LogP contribution in [0.4, 0.5) is 10.1 Å². The van der Waals surface area contributed by atoms with Crippen molar-refractivity contribution in [2.24, 2.45) is 0 Å². The number of halogens is 2. The molecule has 1 N–H and O–H groups in total. The molecule has 0 bridgehead atoms. The Labute approximate surface area is 201 Å². The van der Waals surface area contributed by atoms with E-state index in [1.165, 1.54) is 58.3 Å². The Morgan fingerprint density at radius 2 is 2.06 bits per heavy atom. The summed E-state index contributed by atoms with van der Waals surface area (Å²) in [4.78, 5) is 29.4. The molecule has 0 saturated heterocycles. The van der Waals surface area contributed by atoms with Gasteiger partial charge in [0.1, 0.15) is 34.8 Å².